The fourth-order valence-corrected chi connectivity index (χ4v) is 2.15. The molecule has 0 aliphatic carbocycles. The lowest BCUT2D eigenvalue weighted by Crippen LogP contribution is -2.27. The maximum absolute atomic E-state index is 5.70. The van der Waals surface area contributed by atoms with Gasteiger partial charge in [-0.05, 0) is 32.9 Å². The van der Waals surface area contributed by atoms with Gasteiger partial charge in [-0.1, -0.05) is 13.8 Å². The van der Waals surface area contributed by atoms with Crippen molar-refractivity contribution in [3.8, 4) is 0 Å². The van der Waals surface area contributed by atoms with Crippen LogP contribution in [0.3, 0.4) is 0 Å². The van der Waals surface area contributed by atoms with Crippen LogP contribution in [0.5, 0.6) is 0 Å². The largest absolute Gasteiger partial charge is 0.445 e. The van der Waals surface area contributed by atoms with Crippen molar-refractivity contribution in [2.75, 3.05) is 13.1 Å². The summed E-state index contributed by atoms with van der Waals surface area (Å²) in [5, 5.41) is 3.38. The molecular formula is C12H20N2O. The zero-order valence-corrected chi connectivity index (χ0v) is 9.84. The van der Waals surface area contributed by atoms with Crippen molar-refractivity contribution in [2.45, 2.75) is 45.4 Å². The van der Waals surface area contributed by atoms with E-state index in [0.29, 0.717) is 11.8 Å². The SMILES string of the molecule is Cc1oc(C(C)C)nc1C1CCNCC1. The zero-order chi connectivity index (χ0) is 10.8. The topological polar surface area (TPSA) is 38.1 Å². The Morgan fingerprint density at radius 3 is 2.53 bits per heavy atom. The summed E-state index contributed by atoms with van der Waals surface area (Å²) in [5.74, 6) is 2.90. The maximum atomic E-state index is 5.70. The molecule has 3 heteroatoms. The molecule has 2 heterocycles. The first-order valence-electron chi connectivity index (χ1n) is 5.86. The molecule has 1 aromatic rings. The fourth-order valence-electron chi connectivity index (χ4n) is 2.15. The van der Waals surface area contributed by atoms with Crippen LogP contribution in [0.15, 0.2) is 4.42 Å². The summed E-state index contributed by atoms with van der Waals surface area (Å²) in [6, 6.07) is 0. The highest BCUT2D eigenvalue weighted by molar-refractivity contribution is 5.15. The van der Waals surface area contributed by atoms with Crippen molar-refractivity contribution in [1.29, 1.82) is 0 Å². The molecule has 84 valence electrons. The number of rotatable bonds is 2. The number of hydrogen-bond acceptors (Lipinski definition) is 3. The monoisotopic (exact) mass is 208 g/mol. The third kappa shape index (κ3) is 2.23. The predicted molar refractivity (Wildman–Crippen MR) is 60.2 cm³/mol. The van der Waals surface area contributed by atoms with Gasteiger partial charge < -0.3 is 9.73 Å². The van der Waals surface area contributed by atoms with Gasteiger partial charge in [-0.25, -0.2) is 4.98 Å². The van der Waals surface area contributed by atoms with Gasteiger partial charge in [0, 0.05) is 11.8 Å². The molecule has 0 radical (unpaired) electrons. The summed E-state index contributed by atoms with van der Waals surface area (Å²) < 4.78 is 5.70. The third-order valence-corrected chi connectivity index (χ3v) is 3.07. The normalized spacial score (nSPS) is 18.7. The molecule has 3 nitrogen and oxygen atoms in total. The molecule has 1 aliphatic heterocycles. The smallest absolute Gasteiger partial charge is 0.197 e. The number of nitrogens with one attached hydrogen (secondary N) is 1. The van der Waals surface area contributed by atoms with E-state index in [1.807, 2.05) is 6.92 Å². The van der Waals surface area contributed by atoms with Gasteiger partial charge in [0.1, 0.15) is 5.76 Å². The summed E-state index contributed by atoms with van der Waals surface area (Å²) in [5.41, 5.74) is 1.19. The molecule has 0 saturated carbocycles. The van der Waals surface area contributed by atoms with Gasteiger partial charge in [0.05, 0.1) is 5.69 Å². The van der Waals surface area contributed by atoms with Crippen molar-refractivity contribution in [3.05, 3.63) is 17.3 Å². The van der Waals surface area contributed by atoms with E-state index in [4.69, 9.17) is 4.42 Å². The lowest BCUT2D eigenvalue weighted by atomic mass is 9.94. The Labute approximate surface area is 91.3 Å². The molecule has 0 unspecified atom stereocenters. The van der Waals surface area contributed by atoms with Gasteiger partial charge >= 0.3 is 0 Å². The maximum Gasteiger partial charge on any atom is 0.197 e. The van der Waals surface area contributed by atoms with Crippen LogP contribution >= 0.6 is 0 Å². The lowest BCUT2D eigenvalue weighted by Gasteiger charge is -2.20. The van der Waals surface area contributed by atoms with Crippen molar-refractivity contribution in [3.63, 3.8) is 0 Å². The summed E-state index contributed by atoms with van der Waals surface area (Å²) in [6.45, 7) is 8.49. The van der Waals surface area contributed by atoms with Crippen LogP contribution < -0.4 is 5.32 Å². The first-order valence-corrected chi connectivity index (χ1v) is 5.86. The van der Waals surface area contributed by atoms with E-state index in [1.54, 1.807) is 0 Å². The van der Waals surface area contributed by atoms with Gasteiger partial charge in [-0.3, -0.25) is 0 Å². The van der Waals surface area contributed by atoms with Crippen LogP contribution in [-0.2, 0) is 0 Å². The van der Waals surface area contributed by atoms with E-state index in [0.717, 1.165) is 24.7 Å². The molecule has 1 saturated heterocycles. The van der Waals surface area contributed by atoms with Gasteiger partial charge in [-0.2, -0.15) is 0 Å². The molecule has 1 fully saturated rings. The molecule has 0 spiro atoms. The minimum atomic E-state index is 0.388. The Bertz CT molecular complexity index is 324. The average molecular weight is 208 g/mol. The van der Waals surface area contributed by atoms with Gasteiger partial charge in [0.2, 0.25) is 0 Å². The molecular weight excluding hydrogens is 188 g/mol. The van der Waals surface area contributed by atoms with Crippen LogP contribution in [-0.4, -0.2) is 18.1 Å². The Morgan fingerprint density at radius 1 is 1.33 bits per heavy atom. The molecule has 0 amide bonds. The van der Waals surface area contributed by atoms with Crippen molar-refractivity contribution in [1.82, 2.24) is 10.3 Å². The molecule has 1 aromatic heterocycles. The number of nitrogens with zero attached hydrogens (tertiary/aromatic N) is 1. The predicted octanol–water partition coefficient (Wildman–Crippen LogP) is 2.57. The van der Waals surface area contributed by atoms with E-state index in [1.165, 1.54) is 18.5 Å². The molecule has 15 heavy (non-hydrogen) atoms. The molecule has 0 aromatic carbocycles. The Balaban J connectivity index is 2.19. The number of aryl methyl sites for hydroxylation is 1. The highest BCUT2D eigenvalue weighted by atomic mass is 16.4. The lowest BCUT2D eigenvalue weighted by molar-refractivity contribution is 0.437. The van der Waals surface area contributed by atoms with E-state index in [9.17, 15) is 0 Å². The second kappa shape index (κ2) is 4.35. The van der Waals surface area contributed by atoms with E-state index < -0.39 is 0 Å². The Hall–Kier alpha value is -0.830. The average Bonchev–Trinajstić information content (AvgIpc) is 2.62. The van der Waals surface area contributed by atoms with Crippen LogP contribution in [0.2, 0.25) is 0 Å². The summed E-state index contributed by atoms with van der Waals surface area (Å²) >= 11 is 0. The number of aromatic nitrogens is 1. The zero-order valence-electron chi connectivity index (χ0n) is 9.84. The van der Waals surface area contributed by atoms with Crippen LogP contribution in [0.1, 0.15) is 55.9 Å². The molecule has 1 N–H and O–H groups in total. The van der Waals surface area contributed by atoms with Crippen LogP contribution in [0, 0.1) is 6.92 Å². The first kappa shape index (κ1) is 10.7. The molecule has 0 atom stereocenters. The minimum absolute atomic E-state index is 0.388. The molecule has 0 bridgehead atoms. The molecule has 2 rings (SSSR count). The van der Waals surface area contributed by atoms with E-state index in [-0.39, 0.29) is 0 Å². The standard InChI is InChI=1S/C12H20N2O/c1-8(2)12-14-11(9(3)15-12)10-4-6-13-7-5-10/h8,10,13H,4-7H2,1-3H3. The Kier molecular flexibility index (Phi) is 3.10. The van der Waals surface area contributed by atoms with Gasteiger partial charge in [0.15, 0.2) is 5.89 Å². The quantitative estimate of drug-likeness (QED) is 0.811. The summed E-state index contributed by atoms with van der Waals surface area (Å²) in [6.07, 6.45) is 2.37. The van der Waals surface area contributed by atoms with E-state index >= 15 is 0 Å². The first-order chi connectivity index (χ1) is 7.18. The Morgan fingerprint density at radius 2 is 2.00 bits per heavy atom. The second-order valence-corrected chi connectivity index (χ2v) is 4.67. The number of piperidine rings is 1. The van der Waals surface area contributed by atoms with Crippen molar-refractivity contribution < 1.29 is 4.42 Å². The van der Waals surface area contributed by atoms with Crippen molar-refractivity contribution in [2.24, 2.45) is 0 Å². The summed E-state index contributed by atoms with van der Waals surface area (Å²) in [7, 11) is 0. The second-order valence-electron chi connectivity index (χ2n) is 4.67. The molecule has 1 aliphatic rings. The van der Waals surface area contributed by atoms with Gasteiger partial charge in [0.25, 0.3) is 0 Å². The minimum Gasteiger partial charge on any atom is -0.445 e. The van der Waals surface area contributed by atoms with Crippen molar-refractivity contribution >= 4 is 0 Å². The van der Waals surface area contributed by atoms with Crippen LogP contribution in [0.4, 0.5) is 0 Å². The number of hydrogen-bond donors (Lipinski definition) is 1. The van der Waals surface area contributed by atoms with Crippen LogP contribution in [0.25, 0.3) is 0 Å². The third-order valence-electron chi connectivity index (χ3n) is 3.07. The summed E-state index contributed by atoms with van der Waals surface area (Å²) in [4.78, 5) is 4.64. The number of oxazole rings is 1. The fraction of sp³-hybridized carbons (Fsp3) is 0.750. The van der Waals surface area contributed by atoms with E-state index in [2.05, 4.69) is 24.1 Å². The highest BCUT2D eigenvalue weighted by Gasteiger charge is 2.22. The highest BCUT2D eigenvalue weighted by Crippen LogP contribution is 2.29. The van der Waals surface area contributed by atoms with Gasteiger partial charge in [-0.15, -0.1) is 0 Å².